The summed E-state index contributed by atoms with van der Waals surface area (Å²) in [5, 5.41) is 19.1. The van der Waals surface area contributed by atoms with Crippen LogP contribution in [0.3, 0.4) is 0 Å². The molecular formula is C27H27N5O2S. The van der Waals surface area contributed by atoms with Crippen molar-refractivity contribution in [1.82, 2.24) is 19.7 Å². The summed E-state index contributed by atoms with van der Waals surface area (Å²) in [7, 11) is 0. The maximum atomic E-state index is 10.6. The molecule has 1 aliphatic carbocycles. The summed E-state index contributed by atoms with van der Waals surface area (Å²) in [4.78, 5) is 9.17. The number of aliphatic hydroxyl groups is 1. The summed E-state index contributed by atoms with van der Waals surface area (Å²) in [6.07, 6.45) is 5.72. The fourth-order valence-corrected chi connectivity index (χ4v) is 5.28. The number of pyridine rings is 1. The van der Waals surface area contributed by atoms with Crippen LogP contribution in [0.5, 0.6) is 11.5 Å². The Morgan fingerprint density at radius 2 is 2.00 bits per heavy atom. The quantitative estimate of drug-likeness (QED) is 0.303. The van der Waals surface area contributed by atoms with Crippen LogP contribution in [0.2, 0.25) is 0 Å². The highest BCUT2D eigenvalue weighted by molar-refractivity contribution is 7.22. The Bertz CT molecular complexity index is 1480. The van der Waals surface area contributed by atoms with Crippen molar-refractivity contribution in [1.29, 1.82) is 0 Å². The van der Waals surface area contributed by atoms with Gasteiger partial charge >= 0.3 is 0 Å². The van der Waals surface area contributed by atoms with Gasteiger partial charge in [-0.05, 0) is 36.2 Å². The summed E-state index contributed by atoms with van der Waals surface area (Å²) < 4.78 is 9.02. The zero-order valence-electron chi connectivity index (χ0n) is 18.5. The van der Waals surface area contributed by atoms with E-state index in [2.05, 4.69) is 34.5 Å². The molecule has 5 aromatic rings. The average Bonchev–Trinajstić information content (AvgIpc) is 3.56. The van der Waals surface area contributed by atoms with Gasteiger partial charge in [0.25, 0.3) is 0 Å². The van der Waals surface area contributed by atoms with Gasteiger partial charge in [-0.3, -0.25) is 9.67 Å². The van der Waals surface area contributed by atoms with Gasteiger partial charge in [-0.1, -0.05) is 43.0 Å². The van der Waals surface area contributed by atoms with Gasteiger partial charge in [0.15, 0.2) is 5.13 Å². The Morgan fingerprint density at radius 1 is 1.14 bits per heavy atom. The van der Waals surface area contributed by atoms with Crippen molar-refractivity contribution >= 4 is 26.7 Å². The van der Waals surface area contributed by atoms with E-state index < -0.39 is 6.10 Å². The third-order valence-corrected chi connectivity index (χ3v) is 7.01. The number of hydrogen-bond acceptors (Lipinski definition) is 7. The maximum absolute atomic E-state index is 10.6. The lowest BCUT2D eigenvalue weighted by Gasteiger charge is -2.16. The topological polar surface area (TPSA) is 85.1 Å². The predicted molar refractivity (Wildman–Crippen MR) is 140 cm³/mol. The number of hydrogen-bond donors (Lipinski definition) is 2. The minimum absolute atomic E-state index is 0. The first-order valence-corrected chi connectivity index (χ1v) is 12.1. The van der Waals surface area contributed by atoms with Crippen molar-refractivity contribution in [2.45, 2.75) is 39.5 Å². The van der Waals surface area contributed by atoms with Gasteiger partial charge < -0.3 is 15.2 Å². The minimum atomic E-state index is -0.464. The molecule has 0 amide bonds. The molecule has 0 bridgehead atoms. The number of rotatable bonds is 6. The molecule has 2 atom stereocenters. The van der Waals surface area contributed by atoms with Gasteiger partial charge in [-0.2, -0.15) is 5.10 Å². The zero-order chi connectivity index (χ0) is 23.1. The van der Waals surface area contributed by atoms with Crippen LogP contribution in [0.1, 0.15) is 31.5 Å². The maximum Gasteiger partial charge on any atom is 0.184 e. The first-order chi connectivity index (χ1) is 16.7. The Morgan fingerprint density at radius 3 is 2.86 bits per heavy atom. The number of aryl methyl sites for hydroxylation is 1. The summed E-state index contributed by atoms with van der Waals surface area (Å²) >= 11 is 1.55. The number of aromatic nitrogens is 4. The standard InChI is InChI=1S/C26H23N5O2S.CH4/c1-2-31-15-17(14-28-31)22-12-19(9-10-27-22)33-18-7-8-21-24(13-18)34-26(29-21)30-25-20-6-4-3-5-16(20)11-23(25)32;/h3-10,12-15,23,25,32H,2,11H2,1H3,(H,29,30);1H4/t23-,25+;/m0./s1. The number of fused-ring (bicyclic) bond motifs is 2. The number of thiazole rings is 1. The van der Waals surface area contributed by atoms with Crippen LogP contribution in [0, 0.1) is 0 Å². The molecule has 0 unspecified atom stereocenters. The first-order valence-electron chi connectivity index (χ1n) is 11.3. The molecule has 178 valence electrons. The fourth-order valence-electron chi connectivity index (χ4n) is 4.35. The molecule has 0 spiro atoms. The van der Waals surface area contributed by atoms with E-state index in [0.29, 0.717) is 12.2 Å². The molecule has 0 fully saturated rings. The molecule has 0 saturated heterocycles. The molecule has 6 rings (SSSR count). The predicted octanol–water partition coefficient (Wildman–Crippen LogP) is 6.07. The van der Waals surface area contributed by atoms with E-state index in [1.165, 1.54) is 5.56 Å². The zero-order valence-corrected chi connectivity index (χ0v) is 19.4. The number of anilines is 1. The minimum Gasteiger partial charge on any atom is -0.457 e. The highest BCUT2D eigenvalue weighted by atomic mass is 32.1. The molecule has 8 heteroatoms. The third kappa shape index (κ3) is 4.50. The lowest BCUT2D eigenvalue weighted by molar-refractivity contribution is 0.166. The smallest absolute Gasteiger partial charge is 0.184 e. The van der Waals surface area contributed by atoms with Crippen LogP contribution in [0.25, 0.3) is 21.5 Å². The molecule has 0 radical (unpaired) electrons. The average molecular weight is 486 g/mol. The van der Waals surface area contributed by atoms with E-state index in [1.807, 2.05) is 59.5 Å². The van der Waals surface area contributed by atoms with E-state index in [4.69, 9.17) is 9.72 Å². The fraction of sp³-hybridized carbons (Fsp3) is 0.222. The molecule has 2 N–H and O–H groups in total. The van der Waals surface area contributed by atoms with Gasteiger partial charge in [0.2, 0.25) is 0 Å². The van der Waals surface area contributed by atoms with Gasteiger partial charge in [0.05, 0.1) is 34.3 Å². The number of nitrogens with one attached hydrogen (secondary N) is 1. The van der Waals surface area contributed by atoms with Gasteiger partial charge in [0.1, 0.15) is 11.5 Å². The Labute approximate surface area is 208 Å². The molecular weight excluding hydrogens is 458 g/mol. The molecule has 35 heavy (non-hydrogen) atoms. The van der Waals surface area contributed by atoms with Crippen molar-refractivity contribution < 1.29 is 9.84 Å². The van der Waals surface area contributed by atoms with Crippen molar-refractivity contribution in [2.75, 3.05) is 5.32 Å². The lowest BCUT2D eigenvalue weighted by atomic mass is 10.1. The molecule has 0 aliphatic heterocycles. The number of nitrogens with zero attached hydrogens (tertiary/aromatic N) is 4. The Hall–Kier alpha value is -3.75. The van der Waals surface area contributed by atoms with E-state index in [-0.39, 0.29) is 13.5 Å². The van der Waals surface area contributed by atoms with Crippen molar-refractivity contribution in [3.8, 4) is 22.8 Å². The summed E-state index contributed by atoms with van der Waals surface area (Å²) in [6, 6.07) is 17.6. The van der Waals surface area contributed by atoms with Crippen molar-refractivity contribution in [2.24, 2.45) is 0 Å². The lowest BCUT2D eigenvalue weighted by Crippen LogP contribution is -2.20. The monoisotopic (exact) mass is 485 g/mol. The molecule has 7 nitrogen and oxygen atoms in total. The van der Waals surface area contributed by atoms with Gasteiger partial charge in [-0.15, -0.1) is 0 Å². The van der Waals surface area contributed by atoms with E-state index >= 15 is 0 Å². The molecule has 3 aromatic heterocycles. The van der Waals surface area contributed by atoms with Gasteiger partial charge in [-0.25, -0.2) is 4.98 Å². The molecule has 1 aliphatic rings. The second kappa shape index (κ2) is 9.48. The number of benzene rings is 2. The van der Waals surface area contributed by atoms with Crippen LogP contribution in [-0.4, -0.2) is 31.0 Å². The highest BCUT2D eigenvalue weighted by Crippen LogP contribution is 2.37. The molecule has 2 aromatic carbocycles. The van der Waals surface area contributed by atoms with E-state index in [9.17, 15) is 5.11 Å². The first kappa shape index (κ1) is 23.0. The Kier molecular flexibility index (Phi) is 6.23. The van der Waals surface area contributed by atoms with Crippen molar-refractivity contribution in [3.05, 3.63) is 84.3 Å². The van der Waals surface area contributed by atoms with E-state index in [1.54, 1.807) is 17.5 Å². The summed E-state index contributed by atoms with van der Waals surface area (Å²) in [5.74, 6) is 1.44. The summed E-state index contributed by atoms with van der Waals surface area (Å²) in [5.41, 5.74) is 4.98. The van der Waals surface area contributed by atoms with E-state index in [0.717, 1.165) is 44.5 Å². The molecule has 3 heterocycles. The van der Waals surface area contributed by atoms with Crippen molar-refractivity contribution in [3.63, 3.8) is 0 Å². The Balaban J connectivity index is 0.00000253. The van der Waals surface area contributed by atoms with Gasteiger partial charge in [0, 0.05) is 43.1 Å². The summed E-state index contributed by atoms with van der Waals surface area (Å²) in [6.45, 7) is 2.86. The van der Waals surface area contributed by atoms with Crippen LogP contribution in [-0.2, 0) is 13.0 Å². The third-order valence-electron chi connectivity index (χ3n) is 6.06. The van der Waals surface area contributed by atoms with Crippen LogP contribution in [0.4, 0.5) is 5.13 Å². The SMILES string of the molecule is C.CCn1cc(-c2cc(Oc3ccc4nc(N[C@@H]5c6ccccc6C[C@@H]5O)sc4c3)ccn2)cn1. The number of aliphatic hydroxyl groups excluding tert-OH is 1. The van der Waals surface area contributed by atoms with Crippen LogP contribution in [0.15, 0.2) is 73.2 Å². The number of ether oxygens (including phenoxy) is 1. The largest absolute Gasteiger partial charge is 0.457 e. The second-order valence-corrected chi connectivity index (χ2v) is 9.34. The highest BCUT2D eigenvalue weighted by Gasteiger charge is 2.31. The normalized spacial score (nSPS) is 16.6. The second-order valence-electron chi connectivity index (χ2n) is 8.30. The molecule has 0 saturated carbocycles. The van der Waals surface area contributed by atoms with Crippen LogP contribution < -0.4 is 10.1 Å². The van der Waals surface area contributed by atoms with Crippen LogP contribution >= 0.6 is 11.3 Å².